The Labute approximate surface area is 392 Å². The fourth-order valence-electron chi connectivity index (χ4n) is 6.81. The van der Waals surface area contributed by atoms with Crippen LogP contribution in [0.2, 0.25) is 0 Å². The second-order valence-corrected chi connectivity index (χ2v) is 17.7. The fraction of sp³-hybridized carbons (Fsp3) is 0.661. The molecule has 0 aromatic heterocycles. The highest BCUT2D eigenvalue weighted by molar-refractivity contribution is 5.70. The highest BCUT2D eigenvalue weighted by atomic mass is 16.6. The number of unbranched alkanes of at least 4 members (excludes halogenated alkanes) is 14. The van der Waals surface area contributed by atoms with Gasteiger partial charge in [-0.05, 0) is 96.3 Å². The number of esters is 2. The van der Waals surface area contributed by atoms with Crippen molar-refractivity contribution in [1.29, 1.82) is 0 Å². The number of carboxylic acids is 1. The smallest absolute Gasteiger partial charge is 0.306 e. The maximum Gasteiger partial charge on any atom is 0.306 e. The van der Waals surface area contributed by atoms with Gasteiger partial charge in [-0.15, -0.1) is 0 Å². The minimum Gasteiger partial charge on any atom is -0.544 e. The molecule has 0 aliphatic rings. The Hall–Kier alpha value is -3.75. The van der Waals surface area contributed by atoms with E-state index in [-0.39, 0.29) is 42.7 Å². The van der Waals surface area contributed by atoms with Gasteiger partial charge < -0.3 is 28.6 Å². The van der Waals surface area contributed by atoms with E-state index in [1.807, 2.05) is 0 Å². The minimum atomic E-state index is -1.13. The Morgan fingerprint density at radius 1 is 0.484 bits per heavy atom. The van der Waals surface area contributed by atoms with Crippen molar-refractivity contribution in [2.24, 2.45) is 0 Å². The molecule has 0 bridgehead atoms. The molecule has 2 atom stereocenters. The van der Waals surface area contributed by atoms with Crippen LogP contribution in [0.25, 0.3) is 0 Å². The number of hydrogen-bond donors (Lipinski definition) is 0. The van der Waals surface area contributed by atoms with E-state index in [4.69, 9.17) is 14.2 Å². The van der Waals surface area contributed by atoms with Crippen molar-refractivity contribution in [3.63, 3.8) is 0 Å². The summed E-state index contributed by atoms with van der Waals surface area (Å²) in [6.45, 7) is 4.48. The topological polar surface area (TPSA) is 102 Å². The molecular weight excluding hydrogens is 799 g/mol. The minimum absolute atomic E-state index is 0.0221. The molecule has 0 radical (unpaired) electrons. The van der Waals surface area contributed by atoms with Crippen LogP contribution in [0.1, 0.15) is 187 Å². The summed E-state index contributed by atoms with van der Waals surface area (Å²) in [6, 6.07) is -0.738. The van der Waals surface area contributed by atoms with Crippen LogP contribution in [0.15, 0.2) is 97.2 Å². The number of nitrogens with zero attached hydrogens (tertiary/aromatic N) is 1. The number of hydrogen-bond acceptors (Lipinski definition) is 7. The van der Waals surface area contributed by atoms with Gasteiger partial charge in [-0.3, -0.25) is 9.59 Å². The Bertz CT molecular complexity index is 1360. The first-order chi connectivity index (χ1) is 31.1. The predicted octanol–water partition coefficient (Wildman–Crippen LogP) is 13.3. The fourth-order valence-corrected chi connectivity index (χ4v) is 6.81. The highest BCUT2D eigenvalue weighted by Crippen LogP contribution is 2.13. The Balaban J connectivity index is 4.36. The first kappa shape index (κ1) is 60.2. The first-order valence-electron chi connectivity index (χ1n) is 25.3. The zero-order valence-corrected chi connectivity index (χ0v) is 41.4. The number of carbonyl (C=O) groups excluding carboxylic acids is 3. The molecule has 0 N–H and O–H groups in total. The Kier molecular flexibility index (Phi) is 43.1. The van der Waals surface area contributed by atoms with Crippen molar-refractivity contribution in [2.75, 3.05) is 41.0 Å². The molecule has 8 nitrogen and oxygen atoms in total. The van der Waals surface area contributed by atoms with Crippen LogP contribution in [-0.2, 0) is 28.6 Å². The molecule has 0 saturated heterocycles. The van der Waals surface area contributed by atoms with Gasteiger partial charge in [0.15, 0.2) is 6.10 Å². The summed E-state index contributed by atoms with van der Waals surface area (Å²) < 4.78 is 17.2. The molecule has 64 heavy (non-hydrogen) atoms. The summed E-state index contributed by atoms with van der Waals surface area (Å²) in [5.74, 6) is -1.79. The quantitative estimate of drug-likeness (QED) is 0.0260. The number of likely N-dealkylation sites (N-methyl/N-ethyl adjacent to an activating group) is 1. The zero-order valence-electron chi connectivity index (χ0n) is 41.4. The van der Waals surface area contributed by atoms with Crippen LogP contribution in [0.4, 0.5) is 0 Å². The summed E-state index contributed by atoms with van der Waals surface area (Å²) in [4.78, 5) is 37.0. The van der Waals surface area contributed by atoms with Crippen molar-refractivity contribution in [3.05, 3.63) is 97.2 Å². The van der Waals surface area contributed by atoms with E-state index in [9.17, 15) is 19.5 Å². The molecule has 2 unspecified atom stereocenters. The standard InChI is InChI=1S/C56H93NO7/c1-6-8-10-12-14-16-18-20-22-24-26-27-29-31-33-35-37-39-41-43-45-47-55(59)64-52(50-62-49-48-53(56(60)61)57(3,4)5)51-63-54(58)46-44-42-40-38-36-34-32-30-28-25-23-21-19-17-15-13-11-9-7-2/h9,11,14-17,20-23,26-28,30-31,33,52-53H,6-8,10,12-13,18-19,24-25,29,32,34-51H2,1-5H3/b11-9+,16-14+,17-15+,22-20+,23-21+,27-26+,30-28+,33-31+. The van der Waals surface area contributed by atoms with Crippen molar-refractivity contribution in [2.45, 2.75) is 199 Å². The monoisotopic (exact) mass is 892 g/mol. The van der Waals surface area contributed by atoms with Crippen molar-refractivity contribution in [1.82, 2.24) is 0 Å². The number of rotatable bonds is 44. The van der Waals surface area contributed by atoms with E-state index in [1.54, 1.807) is 21.1 Å². The summed E-state index contributed by atoms with van der Waals surface area (Å²) in [5, 5.41) is 11.7. The molecule has 0 fully saturated rings. The maximum absolute atomic E-state index is 12.8. The lowest BCUT2D eigenvalue weighted by atomic mass is 10.1. The first-order valence-corrected chi connectivity index (χ1v) is 25.3. The summed E-state index contributed by atoms with van der Waals surface area (Å²) in [6.07, 6.45) is 61.4. The third-order valence-corrected chi connectivity index (χ3v) is 10.7. The van der Waals surface area contributed by atoms with Crippen LogP contribution < -0.4 is 5.11 Å². The average molecular weight is 892 g/mol. The Morgan fingerprint density at radius 3 is 1.30 bits per heavy atom. The number of quaternary nitrogens is 1. The molecule has 8 heteroatoms. The zero-order chi connectivity index (χ0) is 47.0. The van der Waals surface area contributed by atoms with Crippen LogP contribution in [0, 0.1) is 0 Å². The number of ether oxygens (including phenoxy) is 3. The van der Waals surface area contributed by atoms with Gasteiger partial charge in [0.25, 0.3) is 0 Å². The highest BCUT2D eigenvalue weighted by Gasteiger charge is 2.25. The molecule has 0 aliphatic heterocycles. The SMILES string of the molecule is CC/C=C/C/C=C/C/C=C/C/C=C/CCCCCCCCC(=O)OCC(COCCC(C(=O)[O-])[N+](C)(C)C)OC(=O)CCCCCCC/C=C/C/C=C/C/C=C/C/C=C/CCCCC. The lowest BCUT2D eigenvalue weighted by molar-refractivity contribution is -0.889. The lowest BCUT2D eigenvalue weighted by Gasteiger charge is -2.34. The van der Waals surface area contributed by atoms with Gasteiger partial charge in [0.05, 0.1) is 40.3 Å². The lowest BCUT2D eigenvalue weighted by Crippen LogP contribution is -2.55. The van der Waals surface area contributed by atoms with E-state index >= 15 is 0 Å². The molecule has 0 amide bonds. The van der Waals surface area contributed by atoms with Crippen LogP contribution in [0.3, 0.4) is 0 Å². The second-order valence-electron chi connectivity index (χ2n) is 17.7. The normalized spacial score (nSPS) is 13.7. The molecular formula is C56H93NO7. The number of carboxylic acid groups (broad SMARTS) is 1. The van der Waals surface area contributed by atoms with Gasteiger partial charge >= 0.3 is 11.9 Å². The van der Waals surface area contributed by atoms with Crippen molar-refractivity contribution in [3.8, 4) is 0 Å². The Morgan fingerprint density at radius 2 is 0.875 bits per heavy atom. The maximum atomic E-state index is 12.8. The number of carbonyl (C=O) groups is 3. The van der Waals surface area contributed by atoms with Crippen LogP contribution in [0.5, 0.6) is 0 Å². The molecule has 0 heterocycles. The van der Waals surface area contributed by atoms with E-state index in [0.717, 1.165) is 116 Å². The number of aliphatic carboxylic acids is 1. The van der Waals surface area contributed by atoms with Crippen LogP contribution in [-0.4, -0.2) is 75.5 Å². The largest absolute Gasteiger partial charge is 0.544 e. The molecule has 0 aromatic rings. The molecule has 0 rings (SSSR count). The van der Waals surface area contributed by atoms with E-state index in [0.29, 0.717) is 12.8 Å². The summed E-state index contributed by atoms with van der Waals surface area (Å²) >= 11 is 0. The van der Waals surface area contributed by atoms with Crippen LogP contribution >= 0.6 is 0 Å². The van der Waals surface area contributed by atoms with Gasteiger partial charge in [0.1, 0.15) is 12.6 Å². The second kappa shape index (κ2) is 45.8. The van der Waals surface area contributed by atoms with Crippen molar-refractivity contribution < 1.29 is 38.2 Å². The van der Waals surface area contributed by atoms with E-state index < -0.39 is 18.1 Å². The molecule has 0 aliphatic carbocycles. The third-order valence-electron chi connectivity index (χ3n) is 10.7. The van der Waals surface area contributed by atoms with Gasteiger partial charge in [0, 0.05) is 19.3 Å². The average Bonchev–Trinajstić information content (AvgIpc) is 3.26. The van der Waals surface area contributed by atoms with Gasteiger partial charge in [-0.2, -0.15) is 0 Å². The summed E-state index contributed by atoms with van der Waals surface area (Å²) in [5.41, 5.74) is 0. The molecule has 0 aromatic carbocycles. The van der Waals surface area contributed by atoms with E-state index in [1.165, 1.54) is 38.5 Å². The van der Waals surface area contributed by atoms with Gasteiger partial charge in [-0.1, -0.05) is 169 Å². The third kappa shape index (κ3) is 43.5. The van der Waals surface area contributed by atoms with Gasteiger partial charge in [-0.25, -0.2) is 0 Å². The van der Waals surface area contributed by atoms with Crippen molar-refractivity contribution >= 4 is 17.9 Å². The van der Waals surface area contributed by atoms with Gasteiger partial charge in [0.2, 0.25) is 0 Å². The number of allylic oxidation sites excluding steroid dienone is 16. The molecule has 0 saturated carbocycles. The molecule has 364 valence electrons. The molecule has 0 spiro atoms. The predicted molar refractivity (Wildman–Crippen MR) is 268 cm³/mol. The summed E-state index contributed by atoms with van der Waals surface area (Å²) in [7, 11) is 5.39. The van der Waals surface area contributed by atoms with E-state index in [2.05, 4.69) is 111 Å².